The Hall–Kier alpha value is -2.29. The quantitative estimate of drug-likeness (QED) is 0.496. The Balaban J connectivity index is 1.49. The molecule has 1 saturated heterocycles. The van der Waals surface area contributed by atoms with Gasteiger partial charge in [0.05, 0.1) is 35.6 Å². The molecule has 1 aromatic carbocycles. The molecular weight excluding hydrogens is 457 g/mol. The molecule has 0 atom stereocenters. The van der Waals surface area contributed by atoms with Crippen molar-refractivity contribution in [2.24, 2.45) is 5.41 Å². The lowest BCUT2D eigenvalue weighted by atomic mass is 9.71. The van der Waals surface area contributed by atoms with Gasteiger partial charge in [-0.05, 0) is 65.5 Å². The Morgan fingerprint density at radius 3 is 2.53 bits per heavy atom. The number of rotatable bonds is 5. The number of halogens is 2. The van der Waals surface area contributed by atoms with E-state index in [1.165, 1.54) is 6.07 Å². The van der Waals surface area contributed by atoms with Crippen LogP contribution in [0.15, 0.2) is 18.3 Å². The zero-order valence-corrected chi connectivity index (χ0v) is 20.8. The van der Waals surface area contributed by atoms with Gasteiger partial charge in [0.2, 0.25) is 5.95 Å². The highest BCUT2D eigenvalue weighted by atomic mass is 35.5. The van der Waals surface area contributed by atoms with Gasteiger partial charge in [-0.25, -0.2) is 19.3 Å². The molecule has 34 heavy (non-hydrogen) atoms. The highest BCUT2D eigenvalue weighted by molar-refractivity contribution is 6.33. The summed E-state index contributed by atoms with van der Waals surface area (Å²) in [5.41, 5.74) is 0.961. The minimum Gasteiger partial charge on any atom is -0.383 e. The second-order valence-electron chi connectivity index (χ2n) is 10.6. The van der Waals surface area contributed by atoms with Crippen molar-refractivity contribution in [3.63, 3.8) is 0 Å². The van der Waals surface area contributed by atoms with Crippen molar-refractivity contribution in [3.8, 4) is 11.3 Å². The lowest BCUT2D eigenvalue weighted by molar-refractivity contribution is -0.131. The van der Waals surface area contributed by atoms with Crippen LogP contribution >= 0.6 is 11.6 Å². The van der Waals surface area contributed by atoms with Crippen molar-refractivity contribution in [1.82, 2.24) is 19.5 Å². The SMILES string of the molecule is CC(C)n1c(C(C)(C)O)nc2c(F)cc(-c3nc(NC4CCC5(CC4)COC5)ncc3Cl)cc21. The lowest BCUT2D eigenvalue weighted by Crippen LogP contribution is -2.47. The molecule has 0 unspecified atom stereocenters. The summed E-state index contributed by atoms with van der Waals surface area (Å²) in [5, 5.41) is 14.4. The topological polar surface area (TPSA) is 85.1 Å². The molecule has 3 aromatic rings. The van der Waals surface area contributed by atoms with Gasteiger partial charge in [-0.2, -0.15) is 0 Å². The first kappa shape index (κ1) is 23.5. The van der Waals surface area contributed by atoms with Crippen LogP contribution in [0.2, 0.25) is 5.02 Å². The highest BCUT2D eigenvalue weighted by Gasteiger charge is 2.41. The molecule has 2 aliphatic rings. The Labute approximate surface area is 203 Å². The molecule has 0 bridgehead atoms. The predicted molar refractivity (Wildman–Crippen MR) is 130 cm³/mol. The highest BCUT2D eigenvalue weighted by Crippen LogP contribution is 2.43. The average molecular weight is 488 g/mol. The van der Waals surface area contributed by atoms with E-state index < -0.39 is 11.4 Å². The van der Waals surface area contributed by atoms with Gasteiger partial charge in [0, 0.05) is 23.1 Å². The van der Waals surface area contributed by atoms with Gasteiger partial charge >= 0.3 is 0 Å². The maximum absolute atomic E-state index is 15.2. The second kappa shape index (κ2) is 8.43. The zero-order chi connectivity index (χ0) is 24.3. The number of ether oxygens (including phenoxy) is 1. The molecule has 3 heterocycles. The molecule has 0 amide bonds. The molecule has 2 N–H and O–H groups in total. The van der Waals surface area contributed by atoms with E-state index in [4.69, 9.17) is 16.3 Å². The number of aromatic nitrogens is 4. The van der Waals surface area contributed by atoms with Crippen LogP contribution in [-0.2, 0) is 10.3 Å². The number of fused-ring (bicyclic) bond motifs is 1. The summed E-state index contributed by atoms with van der Waals surface area (Å²) in [4.78, 5) is 13.5. The smallest absolute Gasteiger partial charge is 0.223 e. The van der Waals surface area contributed by atoms with Crippen molar-refractivity contribution in [2.75, 3.05) is 18.5 Å². The Morgan fingerprint density at radius 2 is 1.94 bits per heavy atom. The predicted octanol–water partition coefficient (Wildman–Crippen LogP) is 5.47. The Kier molecular flexibility index (Phi) is 5.81. The van der Waals surface area contributed by atoms with Crippen LogP contribution in [-0.4, -0.2) is 43.9 Å². The van der Waals surface area contributed by atoms with Gasteiger partial charge in [-0.1, -0.05) is 11.6 Å². The van der Waals surface area contributed by atoms with Crippen molar-refractivity contribution in [3.05, 3.63) is 35.0 Å². The van der Waals surface area contributed by atoms with Crippen LogP contribution in [0.5, 0.6) is 0 Å². The molecule has 7 nitrogen and oxygen atoms in total. The molecule has 1 aliphatic heterocycles. The van der Waals surface area contributed by atoms with Crippen molar-refractivity contribution < 1.29 is 14.2 Å². The van der Waals surface area contributed by atoms with Gasteiger partial charge in [-0.3, -0.25) is 0 Å². The minimum absolute atomic E-state index is 0.0326. The fourth-order valence-electron chi connectivity index (χ4n) is 5.12. The van der Waals surface area contributed by atoms with Crippen LogP contribution < -0.4 is 5.32 Å². The molecular formula is C25H31ClFN5O2. The summed E-state index contributed by atoms with van der Waals surface area (Å²) in [6, 6.07) is 3.48. The van der Waals surface area contributed by atoms with Crippen LogP contribution in [0, 0.1) is 11.2 Å². The molecule has 1 aliphatic carbocycles. The maximum Gasteiger partial charge on any atom is 0.223 e. The number of anilines is 1. The Morgan fingerprint density at radius 1 is 1.24 bits per heavy atom. The van der Waals surface area contributed by atoms with Crippen LogP contribution in [0.4, 0.5) is 10.3 Å². The van der Waals surface area contributed by atoms with Crippen LogP contribution in [0.25, 0.3) is 22.3 Å². The number of hydrogen-bond acceptors (Lipinski definition) is 6. The number of benzene rings is 1. The first-order valence-corrected chi connectivity index (χ1v) is 12.3. The average Bonchev–Trinajstić information content (AvgIpc) is 3.16. The third-order valence-electron chi connectivity index (χ3n) is 7.03. The monoisotopic (exact) mass is 487 g/mol. The Bertz CT molecular complexity index is 1220. The normalized spacial score (nSPS) is 18.6. The van der Waals surface area contributed by atoms with E-state index in [2.05, 4.69) is 20.3 Å². The lowest BCUT2D eigenvalue weighted by Gasteiger charge is -2.46. The molecule has 9 heteroatoms. The van der Waals surface area contributed by atoms with E-state index in [1.807, 2.05) is 24.5 Å². The standard InChI is InChI=1S/C25H31ClFN5O2/c1-14(2)32-19-10-15(9-18(27)21(19)30-22(32)24(3,4)33)20-17(26)11-28-23(31-20)29-16-5-7-25(8-6-16)12-34-13-25/h9-11,14,16,33H,5-8,12-13H2,1-4H3,(H,28,29,31). The van der Waals surface area contributed by atoms with Crippen LogP contribution in [0.3, 0.4) is 0 Å². The first-order valence-electron chi connectivity index (χ1n) is 11.9. The third kappa shape index (κ3) is 4.16. The summed E-state index contributed by atoms with van der Waals surface area (Å²) < 4.78 is 22.5. The minimum atomic E-state index is -1.22. The number of imidazole rings is 1. The van der Waals surface area contributed by atoms with Crippen molar-refractivity contribution in [1.29, 1.82) is 0 Å². The molecule has 5 rings (SSSR count). The molecule has 2 fully saturated rings. The number of nitrogens with zero attached hydrogens (tertiary/aromatic N) is 4. The van der Waals surface area contributed by atoms with E-state index in [0.29, 0.717) is 39.0 Å². The molecule has 182 valence electrons. The summed E-state index contributed by atoms with van der Waals surface area (Å²) in [5.74, 6) is 0.416. The fraction of sp³-hybridized carbons (Fsp3) is 0.560. The van der Waals surface area contributed by atoms with E-state index >= 15 is 4.39 Å². The fourth-order valence-corrected chi connectivity index (χ4v) is 5.32. The first-order chi connectivity index (χ1) is 16.1. The maximum atomic E-state index is 15.2. The number of hydrogen-bond donors (Lipinski definition) is 2. The van der Waals surface area contributed by atoms with Crippen LogP contribution in [0.1, 0.15) is 65.2 Å². The number of aliphatic hydroxyl groups is 1. The second-order valence-corrected chi connectivity index (χ2v) is 11.0. The number of nitrogens with one attached hydrogen (secondary N) is 1. The van der Waals surface area contributed by atoms with Gasteiger partial charge in [-0.15, -0.1) is 0 Å². The van der Waals surface area contributed by atoms with Gasteiger partial charge < -0.3 is 19.7 Å². The van der Waals surface area contributed by atoms with Gasteiger partial charge in [0.15, 0.2) is 5.82 Å². The van der Waals surface area contributed by atoms with E-state index in [-0.39, 0.29) is 17.6 Å². The van der Waals surface area contributed by atoms with Crippen molar-refractivity contribution in [2.45, 2.75) is 71.1 Å². The van der Waals surface area contributed by atoms with E-state index in [0.717, 1.165) is 38.9 Å². The summed E-state index contributed by atoms with van der Waals surface area (Å²) in [6.07, 6.45) is 5.91. The molecule has 2 aromatic heterocycles. The summed E-state index contributed by atoms with van der Waals surface area (Å²) in [7, 11) is 0. The van der Waals surface area contributed by atoms with E-state index in [9.17, 15) is 5.11 Å². The summed E-state index contributed by atoms with van der Waals surface area (Å²) in [6.45, 7) is 9.00. The summed E-state index contributed by atoms with van der Waals surface area (Å²) >= 11 is 6.47. The molecule has 1 spiro atoms. The van der Waals surface area contributed by atoms with Gasteiger partial charge in [0.25, 0.3) is 0 Å². The third-order valence-corrected chi connectivity index (χ3v) is 7.30. The van der Waals surface area contributed by atoms with Gasteiger partial charge in [0.1, 0.15) is 16.9 Å². The largest absolute Gasteiger partial charge is 0.383 e. The molecule has 1 saturated carbocycles. The zero-order valence-electron chi connectivity index (χ0n) is 20.0. The molecule has 0 radical (unpaired) electrons. The van der Waals surface area contributed by atoms with E-state index in [1.54, 1.807) is 20.0 Å². The van der Waals surface area contributed by atoms with Crippen molar-refractivity contribution >= 4 is 28.6 Å².